The fourth-order valence-corrected chi connectivity index (χ4v) is 2.01. The number of ether oxygens (including phenoxy) is 1. The van der Waals surface area contributed by atoms with E-state index in [0.29, 0.717) is 13.0 Å². The number of hydrogen-bond donors (Lipinski definition) is 0. The van der Waals surface area contributed by atoms with Crippen molar-refractivity contribution in [3.63, 3.8) is 0 Å². The second-order valence-corrected chi connectivity index (χ2v) is 6.14. The maximum absolute atomic E-state index is 11.5. The molecule has 0 aromatic carbocycles. The van der Waals surface area contributed by atoms with E-state index in [-0.39, 0.29) is 17.7 Å². The lowest BCUT2D eigenvalue weighted by Crippen LogP contribution is -2.32. The van der Waals surface area contributed by atoms with Crippen molar-refractivity contribution in [1.29, 1.82) is 0 Å². The first-order valence-corrected chi connectivity index (χ1v) is 6.51. The summed E-state index contributed by atoms with van der Waals surface area (Å²) in [5, 5.41) is -0.00456. The van der Waals surface area contributed by atoms with Crippen LogP contribution in [-0.4, -0.2) is 51.2 Å². The minimum absolute atomic E-state index is 0.00456. The quantitative estimate of drug-likeness (QED) is 0.625. The van der Waals surface area contributed by atoms with Crippen LogP contribution in [0.25, 0.3) is 0 Å². The van der Waals surface area contributed by atoms with Gasteiger partial charge in [0.05, 0.1) is 12.4 Å². The van der Waals surface area contributed by atoms with E-state index < -0.39 is 10.0 Å². The normalized spacial score (nSPS) is 14.6. The lowest BCUT2D eigenvalue weighted by atomic mass is 10.3. The molecule has 0 rings (SSSR count). The Balaban J connectivity index is 4.01. The molecule has 0 N–H and O–H groups in total. The zero-order valence-electron chi connectivity index (χ0n) is 8.86. The average Bonchev–Trinajstić information content (AvgIpc) is 2.10. The third-order valence-corrected chi connectivity index (χ3v) is 3.90. The van der Waals surface area contributed by atoms with E-state index in [4.69, 9.17) is 16.3 Å². The van der Waals surface area contributed by atoms with Crippen molar-refractivity contribution in [3.05, 3.63) is 0 Å². The molecule has 0 fully saturated rings. The predicted octanol–water partition coefficient (Wildman–Crippen LogP) is 0.912. The number of methoxy groups -OCH3 is 1. The highest BCUT2D eigenvalue weighted by molar-refractivity contribution is 7.89. The van der Waals surface area contributed by atoms with Crippen LogP contribution in [0.2, 0.25) is 0 Å². The van der Waals surface area contributed by atoms with E-state index in [1.165, 1.54) is 11.4 Å². The highest BCUT2D eigenvalue weighted by Gasteiger charge is 2.17. The first kappa shape index (κ1) is 14.2. The minimum Gasteiger partial charge on any atom is -0.384 e. The molecule has 1 atom stereocenters. The topological polar surface area (TPSA) is 46.6 Å². The van der Waals surface area contributed by atoms with Gasteiger partial charge in [-0.25, -0.2) is 12.7 Å². The van der Waals surface area contributed by atoms with Gasteiger partial charge >= 0.3 is 0 Å². The van der Waals surface area contributed by atoms with E-state index in [2.05, 4.69) is 0 Å². The largest absolute Gasteiger partial charge is 0.384 e. The third-order valence-electron chi connectivity index (χ3n) is 1.86. The molecule has 0 aliphatic rings. The van der Waals surface area contributed by atoms with Gasteiger partial charge in [0, 0.05) is 26.1 Å². The number of halogens is 1. The summed E-state index contributed by atoms with van der Waals surface area (Å²) >= 11 is 5.73. The molecule has 0 saturated carbocycles. The Morgan fingerprint density at radius 3 is 2.50 bits per heavy atom. The van der Waals surface area contributed by atoms with Crippen LogP contribution in [0, 0.1) is 0 Å². The smallest absolute Gasteiger partial charge is 0.216 e. The van der Waals surface area contributed by atoms with Crippen LogP contribution in [0.1, 0.15) is 13.3 Å². The van der Waals surface area contributed by atoms with E-state index in [1.807, 2.05) is 6.92 Å². The van der Waals surface area contributed by atoms with Gasteiger partial charge < -0.3 is 4.74 Å². The molecule has 14 heavy (non-hydrogen) atoms. The van der Waals surface area contributed by atoms with Crippen molar-refractivity contribution >= 4 is 21.6 Å². The Labute approximate surface area is 91.2 Å². The highest BCUT2D eigenvalue weighted by Crippen LogP contribution is 2.05. The van der Waals surface area contributed by atoms with Crippen LogP contribution in [-0.2, 0) is 14.8 Å². The second-order valence-electron chi connectivity index (χ2n) is 3.20. The molecule has 0 aromatic rings. The third kappa shape index (κ3) is 5.80. The van der Waals surface area contributed by atoms with Gasteiger partial charge in [-0.2, -0.15) is 0 Å². The zero-order chi connectivity index (χ0) is 11.2. The van der Waals surface area contributed by atoms with Crippen LogP contribution in [0.5, 0.6) is 0 Å². The number of alkyl halides is 1. The number of rotatable bonds is 7. The lowest BCUT2D eigenvalue weighted by molar-refractivity contribution is 0.215. The molecule has 86 valence electrons. The van der Waals surface area contributed by atoms with Gasteiger partial charge in [0.1, 0.15) is 0 Å². The van der Waals surface area contributed by atoms with Crippen LogP contribution in [0.4, 0.5) is 0 Å². The summed E-state index contributed by atoms with van der Waals surface area (Å²) in [4.78, 5) is 0. The summed E-state index contributed by atoms with van der Waals surface area (Å²) < 4.78 is 29.1. The maximum atomic E-state index is 11.5. The van der Waals surface area contributed by atoms with E-state index in [9.17, 15) is 8.42 Å². The van der Waals surface area contributed by atoms with Gasteiger partial charge in [-0.15, -0.1) is 11.6 Å². The predicted molar refractivity (Wildman–Crippen MR) is 58.2 cm³/mol. The summed E-state index contributed by atoms with van der Waals surface area (Å²) in [6, 6.07) is 0. The molecular formula is C8H18ClNO3S. The highest BCUT2D eigenvalue weighted by atomic mass is 35.5. The van der Waals surface area contributed by atoms with Crippen molar-refractivity contribution in [2.24, 2.45) is 0 Å². The van der Waals surface area contributed by atoms with Crippen LogP contribution < -0.4 is 0 Å². The van der Waals surface area contributed by atoms with Crippen molar-refractivity contribution in [1.82, 2.24) is 4.31 Å². The van der Waals surface area contributed by atoms with Crippen molar-refractivity contribution < 1.29 is 13.2 Å². The minimum atomic E-state index is -3.17. The average molecular weight is 244 g/mol. The van der Waals surface area contributed by atoms with Crippen LogP contribution in [0.15, 0.2) is 0 Å². The van der Waals surface area contributed by atoms with Gasteiger partial charge in [-0.1, -0.05) is 0 Å². The molecule has 1 unspecified atom stereocenters. The van der Waals surface area contributed by atoms with Crippen molar-refractivity contribution in [2.45, 2.75) is 18.7 Å². The fraction of sp³-hybridized carbons (Fsp3) is 1.00. The lowest BCUT2D eigenvalue weighted by Gasteiger charge is -2.17. The SMILES string of the molecule is COCCS(=O)(=O)N(C)CCC(C)Cl. The summed E-state index contributed by atoms with van der Waals surface area (Å²) in [6.45, 7) is 2.52. The zero-order valence-corrected chi connectivity index (χ0v) is 10.4. The van der Waals surface area contributed by atoms with Gasteiger partial charge in [-0.05, 0) is 13.3 Å². The Morgan fingerprint density at radius 2 is 2.07 bits per heavy atom. The molecule has 6 heteroatoms. The second kappa shape index (κ2) is 6.61. The number of hydrogen-bond acceptors (Lipinski definition) is 3. The molecule has 0 heterocycles. The first-order valence-electron chi connectivity index (χ1n) is 4.47. The monoisotopic (exact) mass is 243 g/mol. The standard InChI is InChI=1S/C8H18ClNO3S/c1-8(9)4-5-10(2)14(11,12)7-6-13-3/h8H,4-7H2,1-3H3. The molecule has 0 saturated heterocycles. The van der Waals surface area contributed by atoms with Crippen molar-refractivity contribution in [3.8, 4) is 0 Å². The van der Waals surface area contributed by atoms with Gasteiger partial charge in [0.2, 0.25) is 10.0 Å². The molecule has 0 bridgehead atoms. The van der Waals surface area contributed by atoms with Crippen LogP contribution in [0.3, 0.4) is 0 Å². The van der Waals surface area contributed by atoms with Gasteiger partial charge in [0.25, 0.3) is 0 Å². The Kier molecular flexibility index (Phi) is 6.68. The molecule has 0 amide bonds. The molecule has 0 spiro atoms. The molecule has 0 aromatic heterocycles. The van der Waals surface area contributed by atoms with Crippen molar-refractivity contribution in [2.75, 3.05) is 33.1 Å². The summed E-state index contributed by atoms with van der Waals surface area (Å²) in [7, 11) is -0.126. The summed E-state index contributed by atoms with van der Waals surface area (Å²) in [6.07, 6.45) is 0.657. The van der Waals surface area contributed by atoms with E-state index in [1.54, 1.807) is 7.05 Å². The first-order chi connectivity index (χ1) is 6.40. The molecule has 0 radical (unpaired) electrons. The Morgan fingerprint density at radius 1 is 1.50 bits per heavy atom. The van der Waals surface area contributed by atoms with Crippen LogP contribution >= 0.6 is 11.6 Å². The maximum Gasteiger partial charge on any atom is 0.216 e. The Hall–Kier alpha value is 0.160. The van der Waals surface area contributed by atoms with Gasteiger partial charge in [0.15, 0.2) is 0 Å². The molecular weight excluding hydrogens is 226 g/mol. The summed E-state index contributed by atoms with van der Waals surface area (Å²) in [5.74, 6) is 0.0245. The molecule has 0 aliphatic carbocycles. The van der Waals surface area contributed by atoms with Gasteiger partial charge in [-0.3, -0.25) is 0 Å². The molecule has 0 aliphatic heterocycles. The fourth-order valence-electron chi connectivity index (χ4n) is 0.843. The number of nitrogens with zero attached hydrogens (tertiary/aromatic N) is 1. The Bertz CT molecular complexity index is 241. The van der Waals surface area contributed by atoms with E-state index >= 15 is 0 Å². The molecule has 4 nitrogen and oxygen atoms in total. The van der Waals surface area contributed by atoms with E-state index in [0.717, 1.165) is 0 Å². The summed E-state index contributed by atoms with van der Waals surface area (Å²) in [5.41, 5.74) is 0. The number of sulfonamides is 1.